The van der Waals surface area contributed by atoms with E-state index in [1.807, 2.05) is 0 Å². The molecule has 0 saturated carbocycles. The molecule has 3 rings (SSSR count). The van der Waals surface area contributed by atoms with E-state index in [-0.39, 0.29) is 24.1 Å². The largest absolute Gasteiger partial charge is 0.480 e. The van der Waals surface area contributed by atoms with Crippen molar-refractivity contribution >= 4 is 11.7 Å². The van der Waals surface area contributed by atoms with Gasteiger partial charge >= 0.3 is 5.97 Å². The summed E-state index contributed by atoms with van der Waals surface area (Å²) in [7, 11) is 0. The highest BCUT2D eigenvalue weighted by atomic mass is 19.1. The standard InChI is InChI=1S/C18H17F2NO2/c19-13-5-3-12(4-6-13)15-2-1-9-21(11-18(22)23)17-10-14(20)7-8-16(15)17/h3-8,10,15H,1-2,9,11H2,(H,22,23). The van der Waals surface area contributed by atoms with Crippen molar-refractivity contribution in [1.82, 2.24) is 0 Å². The van der Waals surface area contributed by atoms with Crippen molar-refractivity contribution in [1.29, 1.82) is 0 Å². The number of benzene rings is 2. The maximum absolute atomic E-state index is 13.7. The molecule has 1 N–H and O–H groups in total. The monoisotopic (exact) mass is 317 g/mol. The lowest BCUT2D eigenvalue weighted by molar-refractivity contribution is -0.135. The molecule has 0 amide bonds. The summed E-state index contributed by atoms with van der Waals surface area (Å²) in [6.45, 7) is 0.396. The van der Waals surface area contributed by atoms with E-state index in [1.54, 1.807) is 23.1 Å². The second kappa shape index (κ2) is 6.36. The molecule has 0 spiro atoms. The first-order chi connectivity index (χ1) is 11.0. The lowest BCUT2D eigenvalue weighted by Crippen LogP contribution is -2.30. The average Bonchev–Trinajstić information content (AvgIpc) is 2.67. The van der Waals surface area contributed by atoms with Crippen molar-refractivity contribution in [2.24, 2.45) is 0 Å². The average molecular weight is 317 g/mol. The van der Waals surface area contributed by atoms with Crippen molar-refractivity contribution < 1.29 is 18.7 Å². The topological polar surface area (TPSA) is 40.5 Å². The van der Waals surface area contributed by atoms with Gasteiger partial charge in [-0.1, -0.05) is 18.2 Å². The van der Waals surface area contributed by atoms with Crippen molar-refractivity contribution in [2.75, 3.05) is 18.0 Å². The predicted molar refractivity (Wildman–Crippen MR) is 83.7 cm³/mol. The number of carbonyl (C=O) groups is 1. The number of carboxylic acids is 1. The number of fused-ring (bicyclic) bond motifs is 1. The Morgan fingerprint density at radius 2 is 1.83 bits per heavy atom. The first-order valence-corrected chi connectivity index (χ1v) is 7.56. The Labute approximate surface area is 133 Å². The summed E-state index contributed by atoms with van der Waals surface area (Å²) in [4.78, 5) is 12.8. The third-order valence-electron chi connectivity index (χ3n) is 4.23. The van der Waals surface area contributed by atoms with Crippen LogP contribution in [0.5, 0.6) is 0 Å². The smallest absolute Gasteiger partial charge is 0.323 e. The van der Waals surface area contributed by atoms with Gasteiger partial charge in [-0.3, -0.25) is 4.79 Å². The first kappa shape index (κ1) is 15.5. The highest BCUT2D eigenvalue weighted by Crippen LogP contribution is 2.38. The number of carboxylic acid groups (broad SMARTS) is 1. The van der Waals surface area contributed by atoms with Crippen molar-refractivity contribution in [3.63, 3.8) is 0 Å². The summed E-state index contributed by atoms with van der Waals surface area (Å²) in [6, 6.07) is 10.8. The molecule has 0 fully saturated rings. The number of anilines is 1. The molecule has 2 aromatic rings. The molecule has 0 aliphatic carbocycles. The van der Waals surface area contributed by atoms with E-state index in [1.165, 1.54) is 24.3 Å². The van der Waals surface area contributed by atoms with Crippen LogP contribution in [0.2, 0.25) is 0 Å². The molecule has 2 aromatic carbocycles. The van der Waals surface area contributed by atoms with Crippen LogP contribution in [-0.4, -0.2) is 24.2 Å². The quantitative estimate of drug-likeness (QED) is 0.936. The zero-order chi connectivity index (χ0) is 16.4. The van der Waals surface area contributed by atoms with Crippen molar-refractivity contribution in [2.45, 2.75) is 18.8 Å². The van der Waals surface area contributed by atoms with E-state index < -0.39 is 5.97 Å². The van der Waals surface area contributed by atoms with Crippen LogP contribution in [0.3, 0.4) is 0 Å². The first-order valence-electron chi connectivity index (χ1n) is 7.56. The predicted octanol–water partition coefficient (Wildman–Crippen LogP) is 3.78. The van der Waals surface area contributed by atoms with Gasteiger partial charge in [-0.15, -0.1) is 0 Å². The van der Waals surface area contributed by atoms with Crippen LogP contribution in [0, 0.1) is 11.6 Å². The maximum Gasteiger partial charge on any atom is 0.323 e. The van der Waals surface area contributed by atoms with Gasteiger partial charge in [-0.2, -0.15) is 0 Å². The molecule has 23 heavy (non-hydrogen) atoms. The molecule has 0 saturated heterocycles. The normalized spacial score (nSPS) is 17.5. The fourth-order valence-corrected chi connectivity index (χ4v) is 3.22. The molecule has 120 valence electrons. The second-order valence-corrected chi connectivity index (χ2v) is 5.76. The lowest BCUT2D eigenvalue weighted by atomic mass is 9.87. The van der Waals surface area contributed by atoms with E-state index >= 15 is 0 Å². The van der Waals surface area contributed by atoms with Crippen LogP contribution >= 0.6 is 0 Å². The summed E-state index contributed by atoms with van der Waals surface area (Å²) in [6.07, 6.45) is 1.59. The van der Waals surface area contributed by atoms with E-state index in [9.17, 15) is 13.6 Å². The minimum absolute atomic E-state index is 0.00462. The zero-order valence-electron chi connectivity index (χ0n) is 12.5. The van der Waals surface area contributed by atoms with Gasteiger partial charge in [0.1, 0.15) is 18.2 Å². The SMILES string of the molecule is O=C(O)CN1CCCC(c2ccc(F)cc2)c2ccc(F)cc21. The maximum atomic E-state index is 13.7. The molecular formula is C18H17F2NO2. The Hall–Kier alpha value is -2.43. The summed E-state index contributed by atoms with van der Waals surface area (Å²) in [5, 5.41) is 9.09. The molecule has 1 aliphatic heterocycles. The molecule has 1 aliphatic rings. The molecule has 1 atom stereocenters. The van der Waals surface area contributed by atoms with Gasteiger partial charge in [-0.25, -0.2) is 8.78 Å². The third kappa shape index (κ3) is 3.33. The molecule has 0 aromatic heterocycles. The highest BCUT2D eigenvalue weighted by Gasteiger charge is 2.25. The summed E-state index contributed by atoms with van der Waals surface area (Å²) in [5.41, 5.74) is 2.45. The Balaban J connectivity index is 2.05. The Bertz CT molecular complexity index is 715. The van der Waals surface area contributed by atoms with Gasteiger partial charge in [-0.05, 0) is 48.2 Å². The third-order valence-corrected chi connectivity index (χ3v) is 4.23. The highest BCUT2D eigenvalue weighted by molar-refractivity contribution is 5.75. The number of aliphatic carboxylic acids is 1. The molecule has 0 radical (unpaired) electrons. The number of halogens is 2. The Morgan fingerprint density at radius 1 is 1.13 bits per heavy atom. The van der Waals surface area contributed by atoms with Crippen LogP contribution < -0.4 is 4.90 Å². The molecule has 1 unspecified atom stereocenters. The number of nitrogens with zero attached hydrogens (tertiary/aromatic N) is 1. The van der Waals surface area contributed by atoms with Crippen LogP contribution in [0.1, 0.15) is 29.9 Å². The molecule has 1 heterocycles. The zero-order valence-corrected chi connectivity index (χ0v) is 12.5. The fraction of sp³-hybridized carbons (Fsp3) is 0.278. The molecule has 3 nitrogen and oxygen atoms in total. The van der Waals surface area contributed by atoms with Crippen molar-refractivity contribution in [3.05, 3.63) is 65.2 Å². The van der Waals surface area contributed by atoms with E-state index in [2.05, 4.69) is 0 Å². The molecule has 5 heteroatoms. The van der Waals surface area contributed by atoms with Gasteiger partial charge in [0.15, 0.2) is 0 Å². The number of hydrogen-bond donors (Lipinski definition) is 1. The van der Waals surface area contributed by atoms with Crippen LogP contribution in [0.4, 0.5) is 14.5 Å². The van der Waals surface area contributed by atoms with Gasteiger partial charge in [0.2, 0.25) is 0 Å². The minimum atomic E-state index is -0.944. The van der Waals surface area contributed by atoms with Gasteiger partial charge in [0.05, 0.1) is 0 Å². The lowest BCUT2D eigenvalue weighted by Gasteiger charge is -2.24. The molecular weight excluding hydrogens is 300 g/mol. The fourth-order valence-electron chi connectivity index (χ4n) is 3.22. The van der Waals surface area contributed by atoms with Gasteiger partial charge in [0.25, 0.3) is 0 Å². The van der Waals surface area contributed by atoms with Crippen LogP contribution in [-0.2, 0) is 4.79 Å². The van der Waals surface area contributed by atoms with Crippen LogP contribution in [0.25, 0.3) is 0 Å². The summed E-state index contributed by atoms with van der Waals surface area (Å²) >= 11 is 0. The van der Waals surface area contributed by atoms with E-state index in [0.717, 1.165) is 24.0 Å². The summed E-state index contributed by atoms with van der Waals surface area (Å²) in [5.74, 6) is -1.63. The van der Waals surface area contributed by atoms with Crippen molar-refractivity contribution in [3.8, 4) is 0 Å². The second-order valence-electron chi connectivity index (χ2n) is 5.76. The summed E-state index contributed by atoms with van der Waals surface area (Å²) < 4.78 is 26.9. The minimum Gasteiger partial charge on any atom is -0.480 e. The van der Waals surface area contributed by atoms with Gasteiger partial charge in [0, 0.05) is 18.2 Å². The number of hydrogen-bond acceptors (Lipinski definition) is 2. The van der Waals surface area contributed by atoms with E-state index in [0.29, 0.717) is 12.2 Å². The molecule has 0 bridgehead atoms. The number of rotatable bonds is 3. The van der Waals surface area contributed by atoms with Gasteiger partial charge < -0.3 is 10.0 Å². The van der Waals surface area contributed by atoms with E-state index in [4.69, 9.17) is 5.11 Å². The Morgan fingerprint density at radius 3 is 2.52 bits per heavy atom. The Kier molecular flexibility index (Phi) is 4.28. The van der Waals surface area contributed by atoms with Crippen LogP contribution in [0.15, 0.2) is 42.5 Å².